The highest BCUT2D eigenvalue weighted by Crippen LogP contribution is 2.17. The van der Waals surface area contributed by atoms with Gasteiger partial charge in [-0.25, -0.2) is 4.68 Å². The van der Waals surface area contributed by atoms with Gasteiger partial charge in [-0.2, -0.15) is 13.9 Å². The van der Waals surface area contributed by atoms with Crippen molar-refractivity contribution in [3.8, 4) is 5.88 Å². The first-order chi connectivity index (χ1) is 7.02. The molecule has 1 N–H and O–H groups in total. The highest BCUT2D eigenvalue weighted by Gasteiger charge is 2.11. The fraction of sp³-hybridized carbons (Fsp3) is 0.250. The summed E-state index contributed by atoms with van der Waals surface area (Å²) in [5, 5.41) is 6.04. The molecular weight excluding hydrogens is 208 g/mol. The summed E-state index contributed by atoms with van der Waals surface area (Å²) in [4.78, 5) is 10.9. The van der Waals surface area contributed by atoms with Gasteiger partial charge in [0.2, 0.25) is 11.8 Å². The summed E-state index contributed by atoms with van der Waals surface area (Å²) >= 11 is 0. The molecule has 1 aromatic rings. The standard InChI is InChI=1S/C8H9F2N3O2/c1-3-6(14)11-5-4-7(13(2)12-5)15-8(9)10/h3-4,8H,1H2,2H3,(H,11,12,14). The number of nitrogens with zero attached hydrogens (tertiary/aromatic N) is 2. The Morgan fingerprint density at radius 1 is 1.80 bits per heavy atom. The Balaban J connectivity index is 2.76. The Morgan fingerprint density at radius 2 is 2.47 bits per heavy atom. The van der Waals surface area contributed by atoms with E-state index in [4.69, 9.17) is 0 Å². The number of carbonyl (C=O) groups is 1. The second-order valence-electron chi connectivity index (χ2n) is 2.56. The van der Waals surface area contributed by atoms with Crippen molar-refractivity contribution in [2.75, 3.05) is 5.32 Å². The maximum absolute atomic E-state index is 11.9. The van der Waals surface area contributed by atoms with Gasteiger partial charge in [-0.05, 0) is 6.08 Å². The second-order valence-corrected chi connectivity index (χ2v) is 2.56. The Bertz CT molecular complexity index is 376. The lowest BCUT2D eigenvalue weighted by molar-refractivity contribution is -0.111. The first-order valence-electron chi connectivity index (χ1n) is 3.95. The lowest BCUT2D eigenvalue weighted by Crippen LogP contribution is -2.08. The predicted octanol–water partition coefficient (Wildman–Crippen LogP) is 1.15. The molecule has 1 amide bonds. The lowest BCUT2D eigenvalue weighted by Gasteiger charge is -2.01. The van der Waals surface area contributed by atoms with Crippen LogP contribution in [-0.2, 0) is 11.8 Å². The van der Waals surface area contributed by atoms with E-state index in [1.54, 1.807) is 0 Å². The van der Waals surface area contributed by atoms with Crippen molar-refractivity contribution in [3.05, 3.63) is 18.7 Å². The summed E-state index contributed by atoms with van der Waals surface area (Å²) in [6.07, 6.45) is 1.04. The van der Waals surface area contributed by atoms with Crippen molar-refractivity contribution < 1.29 is 18.3 Å². The van der Waals surface area contributed by atoms with Gasteiger partial charge in [0, 0.05) is 13.1 Å². The molecule has 0 saturated carbocycles. The fourth-order valence-corrected chi connectivity index (χ4v) is 0.890. The summed E-state index contributed by atoms with van der Waals surface area (Å²) in [5.41, 5.74) is 0. The van der Waals surface area contributed by atoms with Gasteiger partial charge in [0.25, 0.3) is 0 Å². The molecule has 0 atom stereocenters. The van der Waals surface area contributed by atoms with E-state index < -0.39 is 12.5 Å². The third-order valence-electron chi connectivity index (χ3n) is 1.48. The second kappa shape index (κ2) is 4.54. The van der Waals surface area contributed by atoms with Crippen molar-refractivity contribution in [3.63, 3.8) is 0 Å². The van der Waals surface area contributed by atoms with Crippen molar-refractivity contribution in [1.29, 1.82) is 0 Å². The molecule has 5 nitrogen and oxygen atoms in total. The molecule has 0 radical (unpaired) electrons. The van der Waals surface area contributed by atoms with Gasteiger partial charge in [-0.15, -0.1) is 0 Å². The topological polar surface area (TPSA) is 56.1 Å². The number of anilines is 1. The van der Waals surface area contributed by atoms with Crippen molar-refractivity contribution >= 4 is 11.7 Å². The number of nitrogens with one attached hydrogen (secondary N) is 1. The van der Waals surface area contributed by atoms with Gasteiger partial charge >= 0.3 is 6.61 Å². The molecule has 0 aromatic carbocycles. The first-order valence-corrected chi connectivity index (χ1v) is 3.95. The van der Waals surface area contributed by atoms with Crippen LogP contribution in [-0.4, -0.2) is 22.3 Å². The molecule has 0 aliphatic heterocycles. The average Bonchev–Trinajstić information content (AvgIpc) is 2.45. The number of carbonyl (C=O) groups excluding carboxylic acids is 1. The smallest absolute Gasteiger partial charge is 0.388 e. The highest BCUT2D eigenvalue weighted by atomic mass is 19.3. The number of alkyl halides is 2. The zero-order valence-corrected chi connectivity index (χ0v) is 7.91. The van der Waals surface area contributed by atoms with E-state index in [0.717, 1.165) is 10.8 Å². The number of rotatable bonds is 4. The minimum Gasteiger partial charge on any atom is -0.417 e. The van der Waals surface area contributed by atoms with E-state index in [1.165, 1.54) is 13.1 Å². The zero-order valence-electron chi connectivity index (χ0n) is 7.91. The number of hydrogen-bond donors (Lipinski definition) is 1. The molecule has 0 saturated heterocycles. The summed E-state index contributed by atoms with van der Waals surface area (Å²) < 4.78 is 29.0. The van der Waals surface area contributed by atoms with E-state index in [0.29, 0.717) is 0 Å². The summed E-state index contributed by atoms with van der Waals surface area (Å²) in [6, 6.07) is 1.19. The molecule has 0 spiro atoms. The largest absolute Gasteiger partial charge is 0.417 e. The van der Waals surface area contributed by atoms with Crippen LogP contribution >= 0.6 is 0 Å². The van der Waals surface area contributed by atoms with Gasteiger partial charge < -0.3 is 10.1 Å². The van der Waals surface area contributed by atoms with Crippen LogP contribution in [0.4, 0.5) is 14.6 Å². The molecule has 0 aliphatic rings. The normalized spacial score (nSPS) is 10.1. The van der Waals surface area contributed by atoms with Crippen LogP contribution in [0, 0.1) is 0 Å². The summed E-state index contributed by atoms with van der Waals surface area (Å²) in [5.74, 6) is -0.487. The summed E-state index contributed by atoms with van der Waals surface area (Å²) in [6.45, 7) is 0.309. The Morgan fingerprint density at radius 3 is 3.00 bits per heavy atom. The van der Waals surface area contributed by atoms with Crippen LogP contribution in [0.1, 0.15) is 0 Å². The molecule has 1 heterocycles. The van der Waals surface area contributed by atoms with E-state index in [1.807, 2.05) is 0 Å². The molecule has 0 aliphatic carbocycles. The average molecular weight is 217 g/mol. The molecule has 15 heavy (non-hydrogen) atoms. The SMILES string of the molecule is C=CC(=O)Nc1cc(OC(F)F)n(C)n1. The van der Waals surface area contributed by atoms with Crippen molar-refractivity contribution in [2.45, 2.75) is 6.61 Å². The van der Waals surface area contributed by atoms with E-state index in [2.05, 4.69) is 21.7 Å². The summed E-state index contributed by atoms with van der Waals surface area (Å²) in [7, 11) is 1.42. The van der Waals surface area contributed by atoms with Gasteiger partial charge in [0.15, 0.2) is 5.82 Å². The van der Waals surface area contributed by atoms with Crippen LogP contribution in [0.15, 0.2) is 18.7 Å². The Hall–Kier alpha value is -1.92. The minimum atomic E-state index is -2.93. The first kappa shape index (κ1) is 11.2. The van der Waals surface area contributed by atoms with Crippen LogP contribution in [0.25, 0.3) is 0 Å². The molecule has 0 unspecified atom stereocenters. The van der Waals surface area contributed by atoms with Crippen molar-refractivity contribution in [2.24, 2.45) is 7.05 Å². The number of amides is 1. The van der Waals surface area contributed by atoms with Crippen LogP contribution < -0.4 is 10.1 Å². The van der Waals surface area contributed by atoms with Gasteiger partial charge in [0.05, 0.1) is 0 Å². The quantitative estimate of drug-likeness (QED) is 0.769. The van der Waals surface area contributed by atoms with Crippen LogP contribution in [0.2, 0.25) is 0 Å². The number of halogens is 2. The predicted molar refractivity (Wildman–Crippen MR) is 48.7 cm³/mol. The maximum Gasteiger partial charge on any atom is 0.388 e. The number of aryl methyl sites for hydroxylation is 1. The lowest BCUT2D eigenvalue weighted by atomic mass is 10.5. The van der Waals surface area contributed by atoms with Crippen LogP contribution in [0.5, 0.6) is 5.88 Å². The molecule has 82 valence electrons. The molecule has 7 heteroatoms. The molecule has 0 bridgehead atoms. The number of ether oxygens (including phenoxy) is 1. The Kier molecular flexibility index (Phi) is 3.37. The van der Waals surface area contributed by atoms with Gasteiger partial charge in [0.1, 0.15) is 0 Å². The number of aromatic nitrogens is 2. The van der Waals surface area contributed by atoms with Gasteiger partial charge in [-0.1, -0.05) is 6.58 Å². The zero-order chi connectivity index (χ0) is 11.4. The van der Waals surface area contributed by atoms with E-state index >= 15 is 0 Å². The van der Waals surface area contributed by atoms with Gasteiger partial charge in [-0.3, -0.25) is 4.79 Å². The highest BCUT2D eigenvalue weighted by molar-refractivity contribution is 5.98. The third kappa shape index (κ3) is 3.04. The third-order valence-corrected chi connectivity index (χ3v) is 1.48. The van der Waals surface area contributed by atoms with Crippen LogP contribution in [0.3, 0.4) is 0 Å². The molecular formula is C8H9F2N3O2. The fourth-order valence-electron chi connectivity index (χ4n) is 0.890. The minimum absolute atomic E-state index is 0.123. The monoisotopic (exact) mass is 217 g/mol. The number of hydrogen-bond acceptors (Lipinski definition) is 3. The molecule has 1 rings (SSSR count). The Labute approximate surface area is 84.3 Å². The molecule has 1 aromatic heterocycles. The van der Waals surface area contributed by atoms with E-state index in [-0.39, 0.29) is 11.7 Å². The maximum atomic E-state index is 11.9. The molecule has 0 fully saturated rings. The van der Waals surface area contributed by atoms with Crippen molar-refractivity contribution in [1.82, 2.24) is 9.78 Å². The van der Waals surface area contributed by atoms with E-state index in [9.17, 15) is 13.6 Å².